The van der Waals surface area contributed by atoms with E-state index in [1.165, 1.54) is 18.2 Å². The van der Waals surface area contributed by atoms with Gasteiger partial charge < -0.3 is 5.32 Å². The third-order valence-electron chi connectivity index (χ3n) is 4.14. The number of amides is 1. The first kappa shape index (κ1) is 23.8. The highest BCUT2D eigenvalue weighted by Crippen LogP contribution is 2.30. The molecule has 3 aromatic carbocycles. The number of alkyl halides is 3. The van der Waals surface area contributed by atoms with Crippen molar-refractivity contribution in [2.24, 2.45) is 0 Å². The van der Waals surface area contributed by atoms with Crippen LogP contribution in [0.15, 0.2) is 65.6 Å². The van der Waals surface area contributed by atoms with Crippen LogP contribution in [-0.2, 0) is 16.2 Å². The van der Waals surface area contributed by atoms with Gasteiger partial charge in [-0.2, -0.15) is 13.2 Å². The summed E-state index contributed by atoms with van der Waals surface area (Å²) in [5.41, 5.74) is -1.38. The molecule has 0 saturated carbocycles. The highest BCUT2D eigenvalue weighted by Gasteiger charge is 2.30. The van der Waals surface area contributed by atoms with Crippen LogP contribution in [0.2, 0.25) is 10.0 Å². The van der Waals surface area contributed by atoms with Gasteiger partial charge in [-0.1, -0.05) is 23.2 Å². The van der Waals surface area contributed by atoms with Crippen LogP contribution in [0.4, 0.5) is 28.9 Å². The fourth-order valence-corrected chi connectivity index (χ4v) is 4.13. The van der Waals surface area contributed by atoms with E-state index in [9.17, 15) is 30.8 Å². The fraction of sp³-hybridized carbons (Fsp3) is 0.0500. The topological polar surface area (TPSA) is 75.3 Å². The number of nitrogens with one attached hydrogen (secondary N) is 2. The molecule has 0 aliphatic carbocycles. The van der Waals surface area contributed by atoms with Gasteiger partial charge in [0.05, 0.1) is 26.7 Å². The van der Waals surface area contributed by atoms with Crippen LogP contribution in [0.25, 0.3) is 0 Å². The summed E-state index contributed by atoms with van der Waals surface area (Å²) >= 11 is 11.7. The molecule has 2 N–H and O–H groups in total. The number of carbonyl (C=O) groups is 1. The summed E-state index contributed by atoms with van der Waals surface area (Å²) in [6.45, 7) is 0. The zero-order chi connectivity index (χ0) is 23.7. The largest absolute Gasteiger partial charge is 0.416 e. The third-order valence-corrected chi connectivity index (χ3v) is 6.07. The molecule has 3 aromatic rings. The van der Waals surface area contributed by atoms with E-state index < -0.39 is 38.4 Å². The molecule has 0 aliphatic rings. The molecule has 0 aliphatic heterocycles. The van der Waals surface area contributed by atoms with Crippen LogP contribution < -0.4 is 10.0 Å². The number of rotatable bonds is 5. The van der Waals surface area contributed by atoms with Crippen molar-refractivity contribution >= 4 is 50.5 Å². The van der Waals surface area contributed by atoms with Crippen molar-refractivity contribution in [2.75, 3.05) is 10.0 Å². The van der Waals surface area contributed by atoms with E-state index in [0.717, 1.165) is 24.3 Å². The highest BCUT2D eigenvalue weighted by molar-refractivity contribution is 7.92. The Morgan fingerprint density at radius 3 is 2.12 bits per heavy atom. The monoisotopic (exact) mass is 506 g/mol. The van der Waals surface area contributed by atoms with Crippen LogP contribution in [-0.4, -0.2) is 14.3 Å². The van der Waals surface area contributed by atoms with Crippen molar-refractivity contribution in [1.82, 2.24) is 0 Å². The van der Waals surface area contributed by atoms with Gasteiger partial charge in [0.2, 0.25) is 0 Å². The first-order valence-corrected chi connectivity index (χ1v) is 10.9. The minimum absolute atomic E-state index is 0.0242. The smallest absolute Gasteiger partial charge is 0.319 e. The number of hydrogen-bond acceptors (Lipinski definition) is 3. The zero-order valence-electron chi connectivity index (χ0n) is 15.7. The lowest BCUT2D eigenvalue weighted by Gasteiger charge is -2.12. The van der Waals surface area contributed by atoms with E-state index in [2.05, 4.69) is 10.0 Å². The molecule has 0 radical (unpaired) electrons. The second-order valence-electron chi connectivity index (χ2n) is 6.40. The van der Waals surface area contributed by atoms with E-state index in [4.69, 9.17) is 23.2 Å². The SMILES string of the molecule is O=C(Nc1ccc(S(=O)(=O)Nc2ccc(C(F)(F)F)cc2)cc1F)c1ccc(Cl)cc1Cl. The second kappa shape index (κ2) is 8.97. The van der Waals surface area contributed by atoms with Gasteiger partial charge >= 0.3 is 6.18 Å². The Bertz CT molecular complexity index is 1280. The molecule has 12 heteroatoms. The van der Waals surface area contributed by atoms with Crippen LogP contribution in [0.5, 0.6) is 0 Å². The molecular weight excluding hydrogens is 495 g/mol. The summed E-state index contributed by atoms with van der Waals surface area (Å²) in [6.07, 6.45) is -4.57. The van der Waals surface area contributed by atoms with E-state index in [-0.39, 0.29) is 22.0 Å². The summed E-state index contributed by atoms with van der Waals surface area (Å²) in [6, 6.07) is 10.1. The summed E-state index contributed by atoms with van der Waals surface area (Å²) in [4.78, 5) is 11.8. The van der Waals surface area contributed by atoms with Gasteiger partial charge in [0.25, 0.3) is 15.9 Å². The predicted octanol–water partition coefficient (Wildman–Crippen LogP) is 6.20. The molecule has 0 atom stereocenters. The van der Waals surface area contributed by atoms with Crippen molar-refractivity contribution in [1.29, 1.82) is 0 Å². The Labute approximate surface area is 190 Å². The third kappa shape index (κ3) is 5.50. The van der Waals surface area contributed by atoms with Crippen LogP contribution >= 0.6 is 23.2 Å². The van der Waals surface area contributed by atoms with Crippen molar-refractivity contribution in [2.45, 2.75) is 11.1 Å². The Morgan fingerprint density at radius 2 is 1.56 bits per heavy atom. The van der Waals surface area contributed by atoms with Gasteiger partial charge in [-0.25, -0.2) is 12.8 Å². The maximum Gasteiger partial charge on any atom is 0.416 e. The van der Waals surface area contributed by atoms with Gasteiger partial charge in [-0.15, -0.1) is 0 Å². The molecule has 0 spiro atoms. The molecule has 0 unspecified atom stereocenters. The summed E-state index contributed by atoms with van der Waals surface area (Å²) in [5, 5.41) is 2.61. The molecule has 0 bridgehead atoms. The Balaban J connectivity index is 1.78. The average Bonchev–Trinajstić information content (AvgIpc) is 2.68. The number of hydrogen-bond donors (Lipinski definition) is 2. The van der Waals surface area contributed by atoms with Gasteiger partial charge in [-0.3, -0.25) is 9.52 Å². The molecule has 0 heterocycles. The van der Waals surface area contributed by atoms with Crippen molar-refractivity contribution < 1.29 is 30.8 Å². The minimum atomic E-state index is -4.57. The molecule has 0 aromatic heterocycles. The van der Waals surface area contributed by atoms with Crippen molar-refractivity contribution in [3.8, 4) is 0 Å². The van der Waals surface area contributed by atoms with Gasteiger partial charge in [0, 0.05) is 10.7 Å². The van der Waals surface area contributed by atoms with Gasteiger partial charge in [-0.05, 0) is 60.7 Å². The molecule has 5 nitrogen and oxygen atoms in total. The molecule has 1 amide bonds. The average molecular weight is 507 g/mol. The highest BCUT2D eigenvalue weighted by atomic mass is 35.5. The fourth-order valence-electron chi connectivity index (χ4n) is 2.57. The molecule has 0 saturated heterocycles. The summed E-state index contributed by atoms with van der Waals surface area (Å²) < 4.78 is 79.3. The number of benzene rings is 3. The lowest BCUT2D eigenvalue weighted by Crippen LogP contribution is -2.16. The standard InChI is InChI=1S/C20H12Cl2F4N2O3S/c21-12-3-7-15(16(22)9-12)19(29)27-18-8-6-14(10-17(18)23)32(30,31)28-13-4-1-11(2-5-13)20(24,25)26/h1-10,28H,(H,27,29). The van der Waals surface area contributed by atoms with E-state index in [0.29, 0.717) is 23.2 Å². The van der Waals surface area contributed by atoms with Gasteiger partial charge in [0.15, 0.2) is 0 Å². The quantitative estimate of drug-likeness (QED) is 0.404. The van der Waals surface area contributed by atoms with Crippen LogP contribution in [0.3, 0.4) is 0 Å². The van der Waals surface area contributed by atoms with E-state index in [1.807, 2.05) is 0 Å². The molecule has 3 rings (SSSR count). The van der Waals surface area contributed by atoms with Crippen LogP contribution in [0, 0.1) is 5.82 Å². The number of anilines is 2. The molecule has 32 heavy (non-hydrogen) atoms. The molecular formula is C20H12Cl2F4N2O3S. The maximum absolute atomic E-state index is 14.5. The normalized spacial score (nSPS) is 11.8. The molecule has 168 valence electrons. The minimum Gasteiger partial charge on any atom is -0.319 e. The number of halogens is 6. The van der Waals surface area contributed by atoms with E-state index in [1.54, 1.807) is 0 Å². The Kier molecular flexibility index (Phi) is 6.68. The Hall–Kier alpha value is -2.82. The van der Waals surface area contributed by atoms with E-state index >= 15 is 0 Å². The number of carbonyl (C=O) groups excluding carboxylic acids is 1. The van der Waals surface area contributed by atoms with Crippen LogP contribution in [0.1, 0.15) is 15.9 Å². The first-order chi connectivity index (χ1) is 14.9. The summed E-state index contributed by atoms with van der Waals surface area (Å²) in [5.74, 6) is -1.80. The first-order valence-electron chi connectivity index (χ1n) is 8.63. The summed E-state index contributed by atoms with van der Waals surface area (Å²) in [7, 11) is -4.31. The lowest BCUT2D eigenvalue weighted by atomic mass is 10.2. The molecule has 0 fully saturated rings. The Morgan fingerprint density at radius 1 is 0.906 bits per heavy atom. The zero-order valence-corrected chi connectivity index (χ0v) is 18.0. The second-order valence-corrected chi connectivity index (χ2v) is 8.93. The predicted molar refractivity (Wildman–Crippen MR) is 113 cm³/mol. The maximum atomic E-state index is 14.5. The van der Waals surface area contributed by atoms with Gasteiger partial charge in [0.1, 0.15) is 5.82 Å². The number of sulfonamides is 1. The van der Waals surface area contributed by atoms with Crippen molar-refractivity contribution in [3.05, 3.63) is 87.7 Å². The lowest BCUT2D eigenvalue weighted by molar-refractivity contribution is -0.137. The van der Waals surface area contributed by atoms with Crippen molar-refractivity contribution in [3.63, 3.8) is 0 Å².